The van der Waals surface area contributed by atoms with Crippen LogP contribution in [0, 0.1) is 0 Å². The second kappa shape index (κ2) is 10.8. The van der Waals surface area contributed by atoms with E-state index in [1.165, 1.54) is 6.92 Å². The number of carbonyl (C=O) groups excluding carboxylic acids is 2. The molecule has 1 fully saturated rings. The number of carbonyl (C=O) groups is 2. The van der Waals surface area contributed by atoms with E-state index in [1.54, 1.807) is 0 Å². The number of nitrogens with one attached hydrogen (secondary N) is 1. The summed E-state index contributed by atoms with van der Waals surface area (Å²) < 4.78 is 16.2. The third-order valence-electron chi connectivity index (χ3n) is 5.08. The van der Waals surface area contributed by atoms with Crippen molar-refractivity contribution in [2.75, 3.05) is 43.1 Å². The van der Waals surface area contributed by atoms with Gasteiger partial charge in [0.05, 0.1) is 13.2 Å². The highest BCUT2D eigenvalue weighted by atomic mass is 16.6. The fourth-order valence-corrected chi connectivity index (χ4v) is 3.33. The van der Waals surface area contributed by atoms with Gasteiger partial charge in [0.2, 0.25) is 0 Å². The normalized spacial score (nSPS) is 14.8. The van der Waals surface area contributed by atoms with E-state index in [4.69, 9.17) is 14.2 Å². The number of para-hydroxylation sites is 1. The Kier molecular flexibility index (Phi) is 7.89. The van der Waals surface area contributed by atoms with Crippen molar-refractivity contribution >= 4 is 23.3 Å². The predicted octanol–water partition coefficient (Wildman–Crippen LogP) is 3.60. The van der Waals surface area contributed by atoms with Crippen molar-refractivity contribution < 1.29 is 23.8 Å². The second-order valence-electron chi connectivity index (χ2n) is 7.75. The number of rotatable bonds is 8. The number of benzene rings is 2. The quantitative estimate of drug-likeness (QED) is 0.650. The third kappa shape index (κ3) is 6.46. The van der Waals surface area contributed by atoms with Gasteiger partial charge in [0, 0.05) is 24.5 Å². The third-order valence-corrected chi connectivity index (χ3v) is 5.08. The number of anilines is 2. The Morgan fingerprint density at radius 1 is 1.03 bits per heavy atom. The molecule has 0 unspecified atom stereocenters. The van der Waals surface area contributed by atoms with Crippen molar-refractivity contribution in [3.05, 3.63) is 54.1 Å². The number of amides is 1. The average Bonchev–Trinajstić information content (AvgIpc) is 2.79. The minimum Gasteiger partial charge on any atom is -0.482 e. The van der Waals surface area contributed by atoms with Crippen LogP contribution >= 0.6 is 0 Å². The first-order valence-corrected chi connectivity index (χ1v) is 10.6. The van der Waals surface area contributed by atoms with Crippen LogP contribution < -0.4 is 15.0 Å². The van der Waals surface area contributed by atoms with Gasteiger partial charge in [-0.2, -0.15) is 0 Å². The van der Waals surface area contributed by atoms with Gasteiger partial charge in [0.1, 0.15) is 5.75 Å². The predicted molar refractivity (Wildman–Crippen MR) is 120 cm³/mol. The van der Waals surface area contributed by atoms with Crippen LogP contribution in [0.3, 0.4) is 0 Å². The van der Waals surface area contributed by atoms with Gasteiger partial charge in [-0.15, -0.1) is 0 Å². The number of nitrogens with zero attached hydrogens (tertiary/aromatic N) is 1. The monoisotopic (exact) mass is 426 g/mol. The molecule has 0 aromatic heterocycles. The van der Waals surface area contributed by atoms with Gasteiger partial charge in [-0.1, -0.05) is 32.0 Å². The minimum absolute atomic E-state index is 0.254. The van der Waals surface area contributed by atoms with Crippen molar-refractivity contribution in [2.24, 2.45) is 0 Å². The molecule has 0 spiro atoms. The molecule has 1 aliphatic rings. The lowest BCUT2D eigenvalue weighted by Gasteiger charge is -2.28. The van der Waals surface area contributed by atoms with Crippen LogP contribution in [0.15, 0.2) is 48.5 Å². The van der Waals surface area contributed by atoms with Crippen molar-refractivity contribution in [3.8, 4) is 5.75 Å². The summed E-state index contributed by atoms with van der Waals surface area (Å²) in [5.74, 6) is -0.0719. The Morgan fingerprint density at radius 2 is 1.71 bits per heavy atom. The minimum atomic E-state index is -0.935. The number of esters is 1. The highest BCUT2D eigenvalue weighted by molar-refractivity contribution is 5.95. The van der Waals surface area contributed by atoms with E-state index >= 15 is 0 Å². The molecule has 166 valence electrons. The lowest BCUT2D eigenvalue weighted by molar-refractivity contribution is -0.155. The zero-order chi connectivity index (χ0) is 22.2. The van der Waals surface area contributed by atoms with Crippen molar-refractivity contribution in [1.29, 1.82) is 0 Å². The Morgan fingerprint density at radius 3 is 2.39 bits per heavy atom. The molecule has 31 heavy (non-hydrogen) atoms. The summed E-state index contributed by atoms with van der Waals surface area (Å²) in [6, 6.07) is 15.2. The van der Waals surface area contributed by atoms with E-state index in [1.807, 2.05) is 48.5 Å². The maximum absolute atomic E-state index is 12.4. The smallest absolute Gasteiger partial charge is 0.344 e. The lowest BCUT2D eigenvalue weighted by atomic mass is 10.0. The van der Waals surface area contributed by atoms with Gasteiger partial charge >= 0.3 is 5.97 Å². The fourth-order valence-electron chi connectivity index (χ4n) is 3.33. The first-order valence-electron chi connectivity index (χ1n) is 10.6. The van der Waals surface area contributed by atoms with Crippen LogP contribution in [0.4, 0.5) is 11.4 Å². The summed E-state index contributed by atoms with van der Waals surface area (Å²) in [6.45, 7) is 8.53. The number of ether oxygens (including phenoxy) is 3. The first kappa shape index (κ1) is 22.6. The molecule has 0 aliphatic carbocycles. The van der Waals surface area contributed by atoms with E-state index in [-0.39, 0.29) is 12.5 Å². The molecule has 1 amide bonds. The van der Waals surface area contributed by atoms with E-state index in [0.29, 0.717) is 24.7 Å². The SMILES string of the molecule is CC(C)c1ccccc1OCC(=O)O[C@@H](C)C(=O)Nc1ccc(N2CCOCC2)cc1. The zero-order valence-electron chi connectivity index (χ0n) is 18.3. The summed E-state index contributed by atoms with van der Waals surface area (Å²) in [4.78, 5) is 26.8. The maximum atomic E-state index is 12.4. The van der Waals surface area contributed by atoms with Crippen LogP contribution in [0.1, 0.15) is 32.3 Å². The fraction of sp³-hybridized carbons (Fsp3) is 0.417. The molecule has 1 atom stereocenters. The standard InChI is InChI=1S/C24H30N2O5/c1-17(2)21-6-4-5-7-22(21)30-16-23(27)31-18(3)24(28)25-19-8-10-20(11-9-19)26-12-14-29-15-13-26/h4-11,17-18H,12-16H2,1-3H3,(H,25,28)/t18-/m0/s1. The molecule has 1 N–H and O–H groups in total. The van der Waals surface area contributed by atoms with Crippen LogP contribution in [0.25, 0.3) is 0 Å². The van der Waals surface area contributed by atoms with Gasteiger partial charge < -0.3 is 24.4 Å². The summed E-state index contributed by atoms with van der Waals surface area (Å²) in [7, 11) is 0. The molecule has 2 aromatic carbocycles. The summed E-state index contributed by atoms with van der Waals surface area (Å²) in [5.41, 5.74) is 2.74. The Bertz CT molecular complexity index is 876. The van der Waals surface area contributed by atoms with E-state index in [0.717, 1.165) is 24.3 Å². The molecular weight excluding hydrogens is 396 g/mol. The highest BCUT2D eigenvalue weighted by Crippen LogP contribution is 2.25. The molecule has 0 radical (unpaired) electrons. The van der Waals surface area contributed by atoms with Crippen molar-refractivity contribution in [3.63, 3.8) is 0 Å². The van der Waals surface area contributed by atoms with Gasteiger partial charge in [-0.25, -0.2) is 4.79 Å². The lowest BCUT2D eigenvalue weighted by Crippen LogP contribution is -2.36. The molecule has 7 heteroatoms. The van der Waals surface area contributed by atoms with E-state index in [9.17, 15) is 9.59 Å². The van der Waals surface area contributed by atoms with Gasteiger partial charge in [-0.05, 0) is 48.7 Å². The van der Waals surface area contributed by atoms with Crippen molar-refractivity contribution in [2.45, 2.75) is 32.8 Å². The van der Waals surface area contributed by atoms with Gasteiger partial charge in [0.15, 0.2) is 12.7 Å². The molecule has 1 aliphatic heterocycles. The average molecular weight is 427 g/mol. The van der Waals surface area contributed by atoms with E-state index in [2.05, 4.69) is 24.1 Å². The number of hydrogen-bond donors (Lipinski definition) is 1. The molecule has 0 bridgehead atoms. The largest absolute Gasteiger partial charge is 0.482 e. The Hall–Kier alpha value is -3.06. The summed E-state index contributed by atoms with van der Waals surface area (Å²) in [6.07, 6.45) is -0.935. The molecule has 0 saturated carbocycles. The van der Waals surface area contributed by atoms with Gasteiger partial charge in [-0.3, -0.25) is 4.79 Å². The topological polar surface area (TPSA) is 77.1 Å². The summed E-state index contributed by atoms with van der Waals surface area (Å²) in [5, 5.41) is 2.77. The number of hydrogen-bond acceptors (Lipinski definition) is 6. The molecular formula is C24H30N2O5. The molecule has 1 saturated heterocycles. The van der Waals surface area contributed by atoms with Crippen LogP contribution in [-0.4, -0.2) is 50.9 Å². The van der Waals surface area contributed by atoms with Crippen LogP contribution in [0.2, 0.25) is 0 Å². The summed E-state index contributed by atoms with van der Waals surface area (Å²) >= 11 is 0. The molecule has 2 aromatic rings. The maximum Gasteiger partial charge on any atom is 0.344 e. The van der Waals surface area contributed by atoms with Crippen LogP contribution in [-0.2, 0) is 19.1 Å². The van der Waals surface area contributed by atoms with E-state index < -0.39 is 18.0 Å². The molecule has 1 heterocycles. The number of morpholine rings is 1. The zero-order valence-corrected chi connectivity index (χ0v) is 18.3. The van der Waals surface area contributed by atoms with Crippen molar-refractivity contribution in [1.82, 2.24) is 0 Å². The Labute approximate surface area is 183 Å². The van der Waals surface area contributed by atoms with Gasteiger partial charge in [0.25, 0.3) is 5.91 Å². The highest BCUT2D eigenvalue weighted by Gasteiger charge is 2.19. The molecule has 7 nitrogen and oxygen atoms in total. The van der Waals surface area contributed by atoms with Crippen LogP contribution in [0.5, 0.6) is 5.75 Å². The molecule has 3 rings (SSSR count). The first-order chi connectivity index (χ1) is 14.9. The second-order valence-corrected chi connectivity index (χ2v) is 7.75. The Balaban J connectivity index is 1.47.